The Morgan fingerprint density at radius 2 is 2.24 bits per heavy atom. The van der Waals surface area contributed by atoms with Gasteiger partial charge in [0.25, 0.3) is 0 Å². The molecule has 0 spiro atoms. The summed E-state index contributed by atoms with van der Waals surface area (Å²) in [6.45, 7) is 0.507. The SMILES string of the molecule is NCc1cccc2[nH]c(-c3sccc3Br)nc12. The van der Waals surface area contributed by atoms with Crippen molar-refractivity contribution in [2.45, 2.75) is 6.54 Å². The zero-order valence-electron chi connectivity index (χ0n) is 8.90. The van der Waals surface area contributed by atoms with E-state index < -0.39 is 0 Å². The van der Waals surface area contributed by atoms with Gasteiger partial charge in [-0.05, 0) is 39.0 Å². The summed E-state index contributed by atoms with van der Waals surface area (Å²) in [7, 11) is 0. The summed E-state index contributed by atoms with van der Waals surface area (Å²) < 4.78 is 1.07. The van der Waals surface area contributed by atoms with E-state index >= 15 is 0 Å². The van der Waals surface area contributed by atoms with E-state index in [9.17, 15) is 0 Å². The van der Waals surface area contributed by atoms with E-state index in [4.69, 9.17) is 5.73 Å². The fourth-order valence-electron chi connectivity index (χ4n) is 1.83. The number of imidazole rings is 1. The average Bonchev–Trinajstić information content (AvgIpc) is 2.93. The predicted molar refractivity (Wildman–Crippen MR) is 75.0 cm³/mol. The number of H-pyrrole nitrogens is 1. The lowest BCUT2D eigenvalue weighted by atomic mass is 10.2. The fraction of sp³-hybridized carbons (Fsp3) is 0.0833. The number of aromatic nitrogens is 2. The average molecular weight is 308 g/mol. The standard InChI is InChI=1S/C12H10BrN3S/c13-8-4-5-17-11(8)12-15-9-3-1-2-7(6-14)10(9)16-12/h1-5H,6,14H2,(H,15,16). The molecule has 3 aromatic rings. The molecule has 0 saturated heterocycles. The molecule has 0 saturated carbocycles. The van der Waals surface area contributed by atoms with Crippen LogP contribution in [-0.2, 0) is 6.54 Å². The Morgan fingerprint density at radius 1 is 1.35 bits per heavy atom. The zero-order chi connectivity index (χ0) is 11.8. The molecule has 0 aliphatic carbocycles. The third-order valence-corrected chi connectivity index (χ3v) is 4.49. The number of aromatic amines is 1. The van der Waals surface area contributed by atoms with Crippen LogP contribution in [0.1, 0.15) is 5.56 Å². The fourth-order valence-corrected chi connectivity index (χ4v) is 3.33. The van der Waals surface area contributed by atoms with Gasteiger partial charge in [0, 0.05) is 11.0 Å². The number of para-hydroxylation sites is 1. The smallest absolute Gasteiger partial charge is 0.149 e. The van der Waals surface area contributed by atoms with Crippen molar-refractivity contribution < 1.29 is 0 Å². The second-order valence-electron chi connectivity index (χ2n) is 3.70. The summed E-state index contributed by atoms with van der Waals surface area (Å²) >= 11 is 5.18. The van der Waals surface area contributed by atoms with E-state index in [-0.39, 0.29) is 0 Å². The second kappa shape index (κ2) is 4.25. The van der Waals surface area contributed by atoms with Gasteiger partial charge in [-0.3, -0.25) is 0 Å². The molecule has 0 aliphatic rings. The van der Waals surface area contributed by atoms with Gasteiger partial charge >= 0.3 is 0 Å². The van der Waals surface area contributed by atoms with Crippen LogP contribution in [0.4, 0.5) is 0 Å². The topological polar surface area (TPSA) is 54.7 Å². The summed E-state index contributed by atoms with van der Waals surface area (Å²) in [5.41, 5.74) is 8.77. The van der Waals surface area contributed by atoms with Crippen LogP contribution in [0.5, 0.6) is 0 Å². The van der Waals surface area contributed by atoms with Crippen LogP contribution >= 0.6 is 27.3 Å². The number of benzene rings is 1. The molecule has 0 atom stereocenters. The molecule has 0 radical (unpaired) electrons. The van der Waals surface area contributed by atoms with E-state index in [2.05, 4.69) is 25.9 Å². The quantitative estimate of drug-likeness (QED) is 0.761. The normalized spacial score (nSPS) is 11.2. The van der Waals surface area contributed by atoms with Gasteiger partial charge in [0.05, 0.1) is 15.9 Å². The summed E-state index contributed by atoms with van der Waals surface area (Å²) in [6.07, 6.45) is 0. The highest BCUT2D eigenvalue weighted by molar-refractivity contribution is 9.10. The highest BCUT2D eigenvalue weighted by Gasteiger charge is 2.11. The van der Waals surface area contributed by atoms with Crippen molar-refractivity contribution in [3.05, 3.63) is 39.7 Å². The first kappa shape index (κ1) is 11.0. The van der Waals surface area contributed by atoms with E-state index in [1.54, 1.807) is 11.3 Å². The number of fused-ring (bicyclic) bond motifs is 1. The van der Waals surface area contributed by atoms with Crippen molar-refractivity contribution in [3.63, 3.8) is 0 Å². The highest BCUT2D eigenvalue weighted by Crippen LogP contribution is 2.33. The number of halogens is 1. The monoisotopic (exact) mass is 307 g/mol. The minimum atomic E-state index is 0.507. The molecular formula is C12H10BrN3S. The Labute approximate surface area is 111 Å². The molecule has 0 fully saturated rings. The van der Waals surface area contributed by atoms with Crippen molar-refractivity contribution in [2.24, 2.45) is 5.73 Å². The van der Waals surface area contributed by atoms with Crippen LogP contribution in [0.25, 0.3) is 21.7 Å². The lowest BCUT2D eigenvalue weighted by molar-refractivity contribution is 1.08. The number of nitrogens with zero attached hydrogens (tertiary/aromatic N) is 1. The molecule has 3 nitrogen and oxygen atoms in total. The van der Waals surface area contributed by atoms with E-state index in [0.717, 1.165) is 31.8 Å². The van der Waals surface area contributed by atoms with Crippen LogP contribution in [0, 0.1) is 0 Å². The van der Waals surface area contributed by atoms with Gasteiger partial charge in [0.15, 0.2) is 0 Å². The molecule has 0 aliphatic heterocycles. The van der Waals surface area contributed by atoms with E-state index in [1.807, 2.05) is 29.6 Å². The summed E-state index contributed by atoms with van der Waals surface area (Å²) in [4.78, 5) is 9.07. The van der Waals surface area contributed by atoms with Crippen LogP contribution in [0.3, 0.4) is 0 Å². The summed E-state index contributed by atoms with van der Waals surface area (Å²) in [5, 5.41) is 2.04. The van der Waals surface area contributed by atoms with Crippen LogP contribution in [-0.4, -0.2) is 9.97 Å². The molecule has 3 rings (SSSR count). The summed E-state index contributed by atoms with van der Waals surface area (Å²) in [6, 6.07) is 8.05. The largest absolute Gasteiger partial charge is 0.337 e. The van der Waals surface area contributed by atoms with Gasteiger partial charge in [-0.15, -0.1) is 11.3 Å². The Morgan fingerprint density at radius 3 is 2.94 bits per heavy atom. The zero-order valence-corrected chi connectivity index (χ0v) is 11.3. The van der Waals surface area contributed by atoms with Gasteiger partial charge in [-0.2, -0.15) is 0 Å². The molecule has 5 heteroatoms. The first-order valence-corrected chi connectivity index (χ1v) is 6.88. The van der Waals surface area contributed by atoms with E-state index in [0.29, 0.717) is 6.54 Å². The molecule has 86 valence electrons. The van der Waals surface area contributed by atoms with Crippen molar-refractivity contribution in [3.8, 4) is 10.7 Å². The van der Waals surface area contributed by atoms with Crippen molar-refractivity contribution in [2.75, 3.05) is 0 Å². The maximum atomic E-state index is 5.71. The molecule has 0 unspecified atom stereocenters. The van der Waals surface area contributed by atoms with Gasteiger partial charge in [0.1, 0.15) is 5.82 Å². The molecule has 0 bridgehead atoms. The lowest BCUT2D eigenvalue weighted by Gasteiger charge is -1.95. The minimum absolute atomic E-state index is 0.507. The number of rotatable bonds is 2. The number of thiophene rings is 1. The molecule has 1 aromatic carbocycles. The van der Waals surface area contributed by atoms with Gasteiger partial charge in [0.2, 0.25) is 0 Å². The Balaban J connectivity index is 2.24. The third kappa shape index (κ3) is 1.80. The third-order valence-electron chi connectivity index (χ3n) is 2.65. The second-order valence-corrected chi connectivity index (χ2v) is 5.47. The number of nitrogens with one attached hydrogen (secondary N) is 1. The lowest BCUT2D eigenvalue weighted by Crippen LogP contribution is -1.96. The molecule has 3 N–H and O–H groups in total. The van der Waals surface area contributed by atoms with Crippen molar-refractivity contribution in [1.82, 2.24) is 9.97 Å². The summed E-state index contributed by atoms with van der Waals surface area (Å²) in [5.74, 6) is 0.891. The Bertz CT molecular complexity index is 671. The Kier molecular flexibility index (Phi) is 2.74. The highest BCUT2D eigenvalue weighted by atomic mass is 79.9. The first-order valence-electron chi connectivity index (χ1n) is 5.20. The van der Waals surface area contributed by atoms with Crippen molar-refractivity contribution >= 4 is 38.3 Å². The van der Waals surface area contributed by atoms with Crippen molar-refractivity contribution in [1.29, 1.82) is 0 Å². The van der Waals surface area contributed by atoms with Gasteiger partial charge in [-0.25, -0.2) is 4.98 Å². The van der Waals surface area contributed by atoms with E-state index in [1.165, 1.54) is 0 Å². The maximum absolute atomic E-state index is 5.71. The number of hydrogen-bond acceptors (Lipinski definition) is 3. The first-order chi connectivity index (χ1) is 8.29. The molecular weight excluding hydrogens is 298 g/mol. The van der Waals surface area contributed by atoms with Crippen LogP contribution in [0.15, 0.2) is 34.1 Å². The van der Waals surface area contributed by atoms with Gasteiger partial charge in [-0.1, -0.05) is 12.1 Å². The Hall–Kier alpha value is -1.17. The van der Waals surface area contributed by atoms with Crippen LogP contribution < -0.4 is 5.73 Å². The molecule has 2 aromatic heterocycles. The maximum Gasteiger partial charge on any atom is 0.149 e. The van der Waals surface area contributed by atoms with Crippen LogP contribution in [0.2, 0.25) is 0 Å². The number of nitrogens with two attached hydrogens (primary N) is 1. The predicted octanol–water partition coefficient (Wildman–Crippen LogP) is 3.51. The molecule has 17 heavy (non-hydrogen) atoms. The molecule has 2 heterocycles. The number of hydrogen-bond donors (Lipinski definition) is 2. The minimum Gasteiger partial charge on any atom is -0.337 e. The van der Waals surface area contributed by atoms with Gasteiger partial charge < -0.3 is 10.7 Å². The molecule has 0 amide bonds.